The van der Waals surface area contributed by atoms with Crippen molar-refractivity contribution in [2.75, 3.05) is 11.1 Å². The minimum absolute atomic E-state index is 0.301. The highest BCUT2D eigenvalue weighted by molar-refractivity contribution is 7.18. The summed E-state index contributed by atoms with van der Waals surface area (Å²) in [6.07, 6.45) is 5.07. The van der Waals surface area contributed by atoms with E-state index < -0.39 is 0 Å². The second-order valence-electron chi connectivity index (χ2n) is 6.44. The number of nitrogen functional groups attached to an aromatic ring is 1. The van der Waals surface area contributed by atoms with E-state index >= 15 is 0 Å². The number of nitrogens with two attached hydrogens (primary N) is 1. The molecule has 1 saturated carbocycles. The summed E-state index contributed by atoms with van der Waals surface area (Å²) in [6.45, 7) is 6.77. The summed E-state index contributed by atoms with van der Waals surface area (Å²) in [4.78, 5) is 11.0. The van der Waals surface area contributed by atoms with Crippen molar-refractivity contribution in [2.24, 2.45) is 5.41 Å². The summed E-state index contributed by atoms with van der Waals surface area (Å²) in [6, 6.07) is 2.60. The number of nitrogens with zero attached hydrogens (tertiary/aromatic N) is 2. The standard InChI is InChI=1S/C15H22N4S/c1-9-8-10-12(18-14(16)19-13(10)20-9)17-11-6-4-5-7-15(11,2)3/h8,11H,4-7H2,1-3H3,(H3,16,17,18,19). The topological polar surface area (TPSA) is 63.8 Å². The molecule has 1 atom stereocenters. The number of aryl methyl sites for hydroxylation is 1. The summed E-state index contributed by atoms with van der Waals surface area (Å²) in [5, 5.41) is 4.74. The Kier molecular flexibility index (Phi) is 3.32. The molecule has 20 heavy (non-hydrogen) atoms. The molecule has 0 amide bonds. The molecule has 1 aliphatic carbocycles. The predicted molar refractivity (Wildman–Crippen MR) is 86.2 cm³/mol. The number of thiophene rings is 1. The predicted octanol–water partition coefficient (Wildman–Crippen LogP) is 3.96. The second kappa shape index (κ2) is 4.88. The van der Waals surface area contributed by atoms with Gasteiger partial charge in [-0.15, -0.1) is 11.3 Å². The maximum absolute atomic E-state index is 5.85. The fraction of sp³-hybridized carbons (Fsp3) is 0.600. The van der Waals surface area contributed by atoms with Gasteiger partial charge in [0.25, 0.3) is 0 Å². The van der Waals surface area contributed by atoms with Crippen LogP contribution in [0.3, 0.4) is 0 Å². The molecule has 0 saturated heterocycles. The van der Waals surface area contributed by atoms with Crippen LogP contribution >= 0.6 is 11.3 Å². The lowest BCUT2D eigenvalue weighted by Crippen LogP contribution is -2.39. The Labute approximate surface area is 123 Å². The summed E-state index contributed by atoms with van der Waals surface area (Å²) >= 11 is 1.67. The summed E-state index contributed by atoms with van der Waals surface area (Å²) in [5.41, 5.74) is 6.15. The molecular weight excluding hydrogens is 268 g/mol. The smallest absolute Gasteiger partial charge is 0.223 e. The normalized spacial score (nSPS) is 22.1. The van der Waals surface area contributed by atoms with Crippen molar-refractivity contribution in [1.82, 2.24) is 9.97 Å². The van der Waals surface area contributed by atoms with E-state index in [-0.39, 0.29) is 0 Å². The van der Waals surface area contributed by atoms with Crippen LogP contribution in [0.4, 0.5) is 11.8 Å². The minimum Gasteiger partial charge on any atom is -0.368 e. The molecule has 3 N–H and O–H groups in total. The lowest BCUT2D eigenvalue weighted by molar-refractivity contribution is 0.217. The Morgan fingerprint density at radius 1 is 1.35 bits per heavy atom. The monoisotopic (exact) mass is 290 g/mol. The Balaban J connectivity index is 1.97. The van der Waals surface area contributed by atoms with Crippen molar-refractivity contribution < 1.29 is 0 Å². The number of hydrogen-bond donors (Lipinski definition) is 2. The Morgan fingerprint density at radius 2 is 2.15 bits per heavy atom. The van der Waals surface area contributed by atoms with Crippen LogP contribution < -0.4 is 11.1 Å². The molecule has 1 fully saturated rings. The van der Waals surface area contributed by atoms with Gasteiger partial charge in [-0.05, 0) is 31.2 Å². The van der Waals surface area contributed by atoms with Gasteiger partial charge in [0.15, 0.2) is 0 Å². The number of hydrogen-bond acceptors (Lipinski definition) is 5. The largest absolute Gasteiger partial charge is 0.368 e. The van der Waals surface area contributed by atoms with E-state index in [1.165, 1.54) is 30.6 Å². The van der Waals surface area contributed by atoms with Gasteiger partial charge in [-0.25, -0.2) is 4.98 Å². The fourth-order valence-electron chi connectivity index (χ4n) is 3.10. The first-order chi connectivity index (χ1) is 9.45. The van der Waals surface area contributed by atoms with Gasteiger partial charge in [0.2, 0.25) is 5.95 Å². The number of rotatable bonds is 2. The molecular formula is C15H22N4S. The molecule has 3 rings (SSSR count). The van der Waals surface area contributed by atoms with Crippen molar-refractivity contribution in [3.05, 3.63) is 10.9 Å². The number of fused-ring (bicyclic) bond motifs is 1. The number of aromatic nitrogens is 2. The van der Waals surface area contributed by atoms with Crippen molar-refractivity contribution in [3.63, 3.8) is 0 Å². The van der Waals surface area contributed by atoms with E-state index in [0.29, 0.717) is 17.4 Å². The maximum atomic E-state index is 5.85. The fourth-order valence-corrected chi connectivity index (χ4v) is 3.98. The van der Waals surface area contributed by atoms with Crippen LogP contribution in [0, 0.1) is 12.3 Å². The number of nitrogens with one attached hydrogen (secondary N) is 1. The summed E-state index contributed by atoms with van der Waals surface area (Å²) < 4.78 is 0. The van der Waals surface area contributed by atoms with Crippen LogP contribution in [0.5, 0.6) is 0 Å². The van der Waals surface area contributed by atoms with Gasteiger partial charge in [-0.2, -0.15) is 4.98 Å². The highest BCUT2D eigenvalue weighted by Crippen LogP contribution is 2.38. The Hall–Kier alpha value is -1.36. The van der Waals surface area contributed by atoms with Crippen LogP contribution in [0.15, 0.2) is 6.07 Å². The van der Waals surface area contributed by atoms with E-state index in [0.717, 1.165) is 16.0 Å². The molecule has 1 unspecified atom stereocenters. The maximum Gasteiger partial charge on any atom is 0.223 e. The number of anilines is 2. The molecule has 0 radical (unpaired) electrons. The van der Waals surface area contributed by atoms with Crippen molar-refractivity contribution >= 4 is 33.3 Å². The third-order valence-corrected chi connectivity index (χ3v) is 5.30. The van der Waals surface area contributed by atoms with E-state index in [9.17, 15) is 0 Å². The highest BCUT2D eigenvalue weighted by Gasteiger charge is 2.32. The van der Waals surface area contributed by atoms with Gasteiger partial charge < -0.3 is 11.1 Å². The molecule has 0 aliphatic heterocycles. The average Bonchev–Trinajstić information content (AvgIpc) is 2.72. The molecule has 2 aromatic heterocycles. The summed E-state index contributed by atoms with van der Waals surface area (Å²) in [7, 11) is 0. The molecule has 2 aromatic rings. The van der Waals surface area contributed by atoms with E-state index in [1.807, 2.05) is 0 Å². The molecule has 4 nitrogen and oxygen atoms in total. The van der Waals surface area contributed by atoms with Gasteiger partial charge >= 0.3 is 0 Å². The van der Waals surface area contributed by atoms with Crippen molar-refractivity contribution in [1.29, 1.82) is 0 Å². The van der Waals surface area contributed by atoms with Gasteiger partial charge in [-0.3, -0.25) is 0 Å². The molecule has 0 spiro atoms. The zero-order chi connectivity index (χ0) is 14.3. The molecule has 1 aliphatic rings. The van der Waals surface area contributed by atoms with E-state index in [4.69, 9.17) is 5.73 Å². The lowest BCUT2D eigenvalue weighted by atomic mass is 9.73. The van der Waals surface area contributed by atoms with Gasteiger partial charge in [0.1, 0.15) is 10.6 Å². The first-order valence-electron chi connectivity index (χ1n) is 7.26. The van der Waals surface area contributed by atoms with E-state index in [2.05, 4.69) is 42.1 Å². The van der Waals surface area contributed by atoms with Gasteiger partial charge in [0.05, 0.1) is 5.39 Å². The Bertz CT molecular complexity index is 632. The van der Waals surface area contributed by atoms with E-state index in [1.54, 1.807) is 11.3 Å². The quantitative estimate of drug-likeness (QED) is 0.878. The van der Waals surface area contributed by atoms with Crippen molar-refractivity contribution in [3.8, 4) is 0 Å². The highest BCUT2D eigenvalue weighted by atomic mass is 32.1. The second-order valence-corrected chi connectivity index (χ2v) is 7.67. The molecule has 5 heteroatoms. The third kappa shape index (κ3) is 2.46. The molecule has 2 heterocycles. The lowest BCUT2D eigenvalue weighted by Gasteiger charge is -2.39. The minimum atomic E-state index is 0.301. The molecule has 0 bridgehead atoms. The van der Waals surface area contributed by atoms with Crippen LogP contribution in [0.1, 0.15) is 44.4 Å². The van der Waals surface area contributed by atoms with Crippen molar-refractivity contribution in [2.45, 2.75) is 52.5 Å². The molecule has 108 valence electrons. The average molecular weight is 290 g/mol. The zero-order valence-corrected chi connectivity index (χ0v) is 13.2. The van der Waals surface area contributed by atoms with Crippen LogP contribution in [-0.2, 0) is 0 Å². The van der Waals surface area contributed by atoms with Crippen LogP contribution in [0.25, 0.3) is 10.2 Å². The zero-order valence-electron chi connectivity index (χ0n) is 12.4. The first-order valence-corrected chi connectivity index (χ1v) is 8.07. The van der Waals surface area contributed by atoms with Crippen LogP contribution in [-0.4, -0.2) is 16.0 Å². The SMILES string of the molecule is Cc1cc2c(NC3CCCCC3(C)C)nc(N)nc2s1. The third-order valence-electron chi connectivity index (χ3n) is 4.35. The first kappa shape index (κ1) is 13.6. The van der Waals surface area contributed by atoms with Gasteiger partial charge in [0, 0.05) is 10.9 Å². The van der Waals surface area contributed by atoms with Crippen LogP contribution in [0.2, 0.25) is 0 Å². The summed E-state index contributed by atoms with van der Waals surface area (Å²) in [5.74, 6) is 1.26. The van der Waals surface area contributed by atoms with Gasteiger partial charge in [-0.1, -0.05) is 26.7 Å². The molecule has 0 aromatic carbocycles. The Morgan fingerprint density at radius 3 is 2.90 bits per heavy atom.